The number of esters is 1. The molecule has 0 spiro atoms. The van der Waals surface area contributed by atoms with Crippen molar-refractivity contribution in [3.05, 3.63) is 61.1 Å². The van der Waals surface area contributed by atoms with Gasteiger partial charge in [-0.15, -0.1) is 0 Å². The van der Waals surface area contributed by atoms with Gasteiger partial charge < -0.3 is 10.6 Å². The summed E-state index contributed by atoms with van der Waals surface area (Å²) in [6.45, 7) is 1.41. The molecule has 1 heterocycles. The van der Waals surface area contributed by atoms with Crippen molar-refractivity contribution in [3.63, 3.8) is 0 Å². The van der Waals surface area contributed by atoms with Crippen LogP contribution >= 0.6 is 11.6 Å². The van der Waals surface area contributed by atoms with Crippen LogP contribution in [0.4, 0.5) is 17.6 Å². The molecule has 0 saturated heterocycles. The molecule has 2 rings (SSSR count). The Hall–Kier alpha value is -2.90. The molecule has 0 fully saturated rings. The number of hydrogen-bond acceptors (Lipinski definition) is 7. The highest BCUT2D eigenvalue weighted by atomic mass is 35.5. The van der Waals surface area contributed by atoms with Crippen molar-refractivity contribution in [3.8, 4) is 5.69 Å². The van der Waals surface area contributed by atoms with Gasteiger partial charge in [-0.3, -0.25) is 9.63 Å². The number of carbonyl (C=O) groups is 1. The van der Waals surface area contributed by atoms with Gasteiger partial charge in [-0.2, -0.15) is 13.2 Å². The van der Waals surface area contributed by atoms with E-state index < -0.39 is 46.7 Å². The summed E-state index contributed by atoms with van der Waals surface area (Å²) in [5, 5.41) is -0.386. The first-order chi connectivity index (χ1) is 13.4. The second-order valence-corrected chi connectivity index (χ2v) is 5.85. The molecular formula is C15H13ClF4N4O5. The molecule has 29 heavy (non-hydrogen) atoms. The Bertz CT molecular complexity index is 1070. The van der Waals surface area contributed by atoms with E-state index in [0.29, 0.717) is 6.07 Å². The largest absolute Gasteiger partial charge is 0.464 e. The molecule has 1 unspecified atom stereocenters. The molecule has 0 aliphatic heterocycles. The summed E-state index contributed by atoms with van der Waals surface area (Å²) < 4.78 is 57.5. The second-order valence-electron chi connectivity index (χ2n) is 5.45. The molecule has 9 nitrogen and oxygen atoms in total. The van der Waals surface area contributed by atoms with Gasteiger partial charge >= 0.3 is 17.8 Å². The Morgan fingerprint density at radius 2 is 1.90 bits per heavy atom. The Morgan fingerprint density at radius 3 is 2.41 bits per heavy atom. The van der Waals surface area contributed by atoms with Gasteiger partial charge in [0.25, 0.3) is 5.56 Å². The molecule has 158 valence electrons. The quantitative estimate of drug-likeness (QED) is 0.307. The van der Waals surface area contributed by atoms with E-state index in [1.165, 1.54) is 6.92 Å². The van der Waals surface area contributed by atoms with Crippen molar-refractivity contribution in [2.45, 2.75) is 19.2 Å². The van der Waals surface area contributed by atoms with Crippen molar-refractivity contribution in [1.29, 1.82) is 0 Å². The standard InChI is InChI=1S/C15H13ClF4N4O5/c1-2-28-13(26)12(29-22)6-3-9(8(17)4-7(6)16)23-11(25)5-10(15(18,19)20)24(21)14(23)27/h3-5,12H,2,21-22H2,1H3. The summed E-state index contributed by atoms with van der Waals surface area (Å²) in [6.07, 6.45) is -6.79. The minimum absolute atomic E-state index is 0.0113. The van der Waals surface area contributed by atoms with Crippen LogP contribution in [0.2, 0.25) is 5.02 Å². The van der Waals surface area contributed by atoms with Crippen LogP contribution in [0.25, 0.3) is 5.69 Å². The number of carbonyl (C=O) groups excluding carboxylic acids is 1. The van der Waals surface area contributed by atoms with E-state index in [0.717, 1.165) is 6.07 Å². The molecular weight excluding hydrogens is 428 g/mol. The predicted molar refractivity (Wildman–Crippen MR) is 91.1 cm³/mol. The maximum absolute atomic E-state index is 14.4. The zero-order chi connectivity index (χ0) is 22.1. The first-order valence-electron chi connectivity index (χ1n) is 7.66. The van der Waals surface area contributed by atoms with E-state index in [1.807, 2.05) is 0 Å². The molecule has 1 aromatic carbocycles. The Balaban J connectivity index is 2.78. The Morgan fingerprint density at radius 1 is 1.28 bits per heavy atom. The average Bonchev–Trinajstić information content (AvgIpc) is 2.61. The van der Waals surface area contributed by atoms with Crippen LogP contribution in [-0.4, -0.2) is 21.8 Å². The summed E-state index contributed by atoms with van der Waals surface area (Å²) in [5.74, 6) is 7.89. The maximum Gasteiger partial charge on any atom is 0.433 e. The average molecular weight is 441 g/mol. The van der Waals surface area contributed by atoms with E-state index in [1.54, 1.807) is 0 Å². The highest BCUT2D eigenvalue weighted by molar-refractivity contribution is 6.31. The highest BCUT2D eigenvalue weighted by Crippen LogP contribution is 2.30. The zero-order valence-electron chi connectivity index (χ0n) is 14.5. The number of rotatable bonds is 5. The van der Waals surface area contributed by atoms with Gasteiger partial charge in [0.15, 0.2) is 5.69 Å². The third-order valence-corrected chi connectivity index (χ3v) is 3.98. The van der Waals surface area contributed by atoms with Gasteiger partial charge in [0.1, 0.15) is 5.82 Å². The summed E-state index contributed by atoms with van der Waals surface area (Å²) in [4.78, 5) is 40.8. The van der Waals surface area contributed by atoms with E-state index in [4.69, 9.17) is 28.1 Å². The summed E-state index contributed by atoms with van der Waals surface area (Å²) in [7, 11) is 0. The van der Waals surface area contributed by atoms with Crippen LogP contribution < -0.4 is 23.0 Å². The van der Waals surface area contributed by atoms with Crippen LogP contribution in [0.15, 0.2) is 27.8 Å². The molecule has 2 aromatic rings. The van der Waals surface area contributed by atoms with Gasteiger partial charge in [-0.25, -0.2) is 29.1 Å². The lowest BCUT2D eigenvalue weighted by atomic mass is 10.1. The normalized spacial score (nSPS) is 12.7. The van der Waals surface area contributed by atoms with Crippen molar-refractivity contribution in [2.75, 3.05) is 12.4 Å². The third-order valence-electron chi connectivity index (χ3n) is 3.65. The SMILES string of the molecule is CCOC(=O)C(ON)c1cc(-n2c(=O)cc(C(F)(F)F)n(N)c2=O)c(F)cc1Cl. The Labute approximate surface area is 163 Å². The maximum atomic E-state index is 14.4. The number of aromatic nitrogens is 2. The molecule has 0 radical (unpaired) electrons. The fourth-order valence-corrected chi connectivity index (χ4v) is 2.65. The third kappa shape index (κ3) is 4.26. The van der Waals surface area contributed by atoms with Gasteiger partial charge in [0, 0.05) is 11.6 Å². The Kier molecular flexibility index (Phi) is 6.35. The van der Waals surface area contributed by atoms with Crippen molar-refractivity contribution in [1.82, 2.24) is 9.24 Å². The molecule has 4 N–H and O–H groups in total. The smallest absolute Gasteiger partial charge is 0.433 e. The van der Waals surface area contributed by atoms with Crippen LogP contribution in [-0.2, 0) is 20.5 Å². The fraction of sp³-hybridized carbons (Fsp3) is 0.267. The lowest BCUT2D eigenvalue weighted by molar-refractivity contribution is -0.157. The predicted octanol–water partition coefficient (Wildman–Crippen LogP) is 1.02. The van der Waals surface area contributed by atoms with Crippen LogP contribution in [0, 0.1) is 5.82 Å². The van der Waals surface area contributed by atoms with Crippen molar-refractivity contribution < 1.29 is 31.9 Å². The number of halogens is 5. The van der Waals surface area contributed by atoms with E-state index in [-0.39, 0.29) is 32.5 Å². The molecule has 0 aliphatic rings. The number of alkyl halides is 3. The van der Waals surface area contributed by atoms with E-state index >= 15 is 0 Å². The van der Waals surface area contributed by atoms with E-state index in [2.05, 4.69) is 4.84 Å². The molecule has 0 aliphatic carbocycles. The van der Waals surface area contributed by atoms with Crippen LogP contribution in [0.5, 0.6) is 0 Å². The number of ether oxygens (including phenoxy) is 1. The van der Waals surface area contributed by atoms with Gasteiger partial charge in [-0.1, -0.05) is 11.6 Å². The minimum atomic E-state index is -5.11. The van der Waals surface area contributed by atoms with Gasteiger partial charge in [0.2, 0.25) is 6.10 Å². The number of benzene rings is 1. The van der Waals surface area contributed by atoms with Gasteiger partial charge in [-0.05, 0) is 19.1 Å². The van der Waals surface area contributed by atoms with Crippen molar-refractivity contribution in [2.24, 2.45) is 5.90 Å². The topological polar surface area (TPSA) is 132 Å². The van der Waals surface area contributed by atoms with Gasteiger partial charge in [0.05, 0.1) is 17.3 Å². The minimum Gasteiger partial charge on any atom is -0.464 e. The van der Waals surface area contributed by atoms with E-state index in [9.17, 15) is 31.9 Å². The first kappa shape index (κ1) is 22.4. The highest BCUT2D eigenvalue weighted by Gasteiger charge is 2.36. The summed E-state index contributed by atoms with van der Waals surface area (Å²) >= 11 is 5.88. The lowest BCUT2D eigenvalue weighted by Gasteiger charge is -2.18. The monoisotopic (exact) mass is 440 g/mol. The summed E-state index contributed by atoms with van der Waals surface area (Å²) in [6, 6.07) is 1.36. The fourth-order valence-electron chi connectivity index (χ4n) is 2.40. The number of nitrogens with two attached hydrogens (primary N) is 2. The zero-order valence-corrected chi connectivity index (χ0v) is 15.3. The number of nitrogen functional groups attached to an aromatic ring is 1. The van der Waals surface area contributed by atoms with Crippen molar-refractivity contribution >= 4 is 17.6 Å². The molecule has 0 bridgehead atoms. The molecule has 0 amide bonds. The molecule has 1 aromatic heterocycles. The number of nitrogens with zero attached hydrogens (tertiary/aromatic N) is 2. The number of hydrogen-bond donors (Lipinski definition) is 2. The molecule has 1 atom stereocenters. The lowest BCUT2D eigenvalue weighted by Crippen LogP contribution is -2.45. The van der Waals surface area contributed by atoms with Crippen LogP contribution in [0.3, 0.4) is 0 Å². The molecule has 14 heteroatoms. The second kappa shape index (κ2) is 8.23. The summed E-state index contributed by atoms with van der Waals surface area (Å²) in [5.41, 5.74) is -6.11. The molecule has 0 saturated carbocycles. The first-order valence-corrected chi connectivity index (χ1v) is 8.04. The van der Waals surface area contributed by atoms with Crippen LogP contribution in [0.1, 0.15) is 24.3 Å².